The van der Waals surface area contributed by atoms with E-state index in [1.807, 2.05) is 18.2 Å². The normalized spacial score (nSPS) is 13.2. The highest BCUT2D eigenvalue weighted by Gasteiger charge is 2.43. The Morgan fingerprint density at radius 1 is 0.358 bits per heavy atom. The first-order valence-electron chi connectivity index (χ1n) is 18.1. The molecule has 2 aliphatic heterocycles. The second-order valence-corrected chi connectivity index (χ2v) is 14.0. The van der Waals surface area contributed by atoms with E-state index < -0.39 is 0 Å². The molecule has 246 valence electrons. The maximum atomic E-state index is 6.40. The van der Waals surface area contributed by atoms with Crippen LogP contribution in [-0.4, -0.2) is 6.71 Å². The van der Waals surface area contributed by atoms with Gasteiger partial charge in [-0.05, 0) is 100 Å². The van der Waals surface area contributed by atoms with Crippen LogP contribution >= 0.6 is 0 Å². The van der Waals surface area contributed by atoms with E-state index in [4.69, 9.17) is 8.83 Å². The fraction of sp³-hybridized carbons (Fsp3) is 0. The topological polar surface area (TPSA) is 32.8 Å². The lowest BCUT2D eigenvalue weighted by molar-refractivity contribution is 0.668. The quantitative estimate of drug-likeness (QED) is 0.174. The Labute approximate surface area is 305 Å². The molecule has 4 nitrogen and oxygen atoms in total. The van der Waals surface area contributed by atoms with Gasteiger partial charge in [-0.25, -0.2) is 0 Å². The molecular weight excluding hydrogens is 647 g/mol. The number of benzene rings is 8. The van der Waals surface area contributed by atoms with E-state index in [0.29, 0.717) is 0 Å². The largest absolute Gasteiger partial charge is 0.456 e. The Bertz CT molecular complexity index is 3100. The van der Waals surface area contributed by atoms with Crippen LogP contribution in [0.2, 0.25) is 0 Å². The van der Waals surface area contributed by atoms with Crippen LogP contribution in [0.1, 0.15) is 0 Å². The maximum absolute atomic E-state index is 6.40. The van der Waals surface area contributed by atoms with Crippen LogP contribution in [0.3, 0.4) is 0 Å². The predicted octanol–water partition coefficient (Wildman–Crippen LogP) is 11.2. The Balaban J connectivity index is 1.05. The molecule has 0 spiro atoms. The van der Waals surface area contributed by atoms with Crippen LogP contribution in [0.5, 0.6) is 0 Å². The molecule has 12 rings (SSSR count). The van der Waals surface area contributed by atoms with Gasteiger partial charge in [0, 0.05) is 44.6 Å². The molecule has 2 aliphatic rings. The summed E-state index contributed by atoms with van der Waals surface area (Å²) in [6, 6.07) is 63.1. The number of rotatable bonds is 3. The summed E-state index contributed by atoms with van der Waals surface area (Å²) in [5.74, 6) is 0. The van der Waals surface area contributed by atoms with Gasteiger partial charge in [0.05, 0.1) is 11.1 Å². The number of para-hydroxylation sites is 4. The Morgan fingerprint density at radius 3 is 1.68 bits per heavy atom. The molecule has 0 radical (unpaired) electrons. The monoisotopic (exact) mass is 676 g/mol. The molecule has 0 N–H and O–H groups in total. The summed E-state index contributed by atoms with van der Waals surface area (Å²) in [5.41, 5.74) is 16.8. The molecule has 8 aromatic carbocycles. The zero-order chi connectivity index (χ0) is 34.6. The smallest absolute Gasteiger partial charge is 0.252 e. The molecule has 0 saturated heterocycles. The number of nitrogens with zero attached hydrogens (tertiary/aromatic N) is 2. The van der Waals surface area contributed by atoms with Gasteiger partial charge in [-0.1, -0.05) is 103 Å². The standard InChI is InChI=1S/C48H29BN2O2/c1-7-20-43-33(11-1)35-29-31(25-28-45(35)52-43)30-23-26-32(27-24-30)50-38-15-5-3-13-36(38)49-37-14-4-6-16-39(37)51(42-19-9-18-41(50)48(42)49)40-17-10-22-46-47(40)34-12-2-8-21-44(34)53-46/h1-29H. The first kappa shape index (κ1) is 28.7. The van der Waals surface area contributed by atoms with Crippen molar-refractivity contribution in [2.75, 3.05) is 9.80 Å². The SMILES string of the molecule is c1ccc2c(c1)B1c3ccccc3N(c3cccc4oc5ccccc5c34)c3cccc(c31)N2c1ccc(-c2ccc3oc4ccccc4c3c2)cc1. The van der Waals surface area contributed by atoms with Crippen LogP contribution in [0.25, 0.3) is 55.0 Å². The lowest BCUT2D eigenvalue weighted by atomic mass is 9.33. The van der Waals surface area contributed by atoms with Gasteiger partial charge < -0.3 is 18.6 Å². The fourth-order valence-electron chi connectivity index (χ4n) is 9.02. The van der Waals surface area contributed by atoms with E-state index in [0.717, 1.165) is 55.3 Å². The summed E-state index contributed by atoms with van der Waals surface area (Å²) in [7, 11) is 0. The van der Waals surface area contributed by atoms with E-state index in [9.17, 15) is 0 Å². The minimum atomic E-state index is 0.0807. The molecule has 0 saturated carbocycles. The highest BCUT2D eigenvalue weighted by atomic mass is 16.3. The van der Waals surface area contributed by atoms with Crippen LogP contribution in [0.15, 0.2) is 185 Å². The number of hydrogen-bond acceptors (Lipinski definition) is 4. The van der Waals surface area contributed by atoms with E-state index in [1.165, 1.54) is 50.3 Å². The molecule has 0 aliphatic carbocycles. The first-order valence-corrected chi connectivity index (χ1v) is 18.1. The lowest BCUT2D eigenvalue weighted by Crippen LogP contribution is -2.61. The maximum Gasteiger partial charge on any atom is 0.252 e. The van der Waals surface area contributed by atoms with Crippen molar-refractivity contribution >= 4 is 101 Å². The van der Waals surface area contributed by atoms with Gasteiger partial charge in [0.15, 0.2) is 0 Å². The second-order valence-electron chi connectivity index (χ2n) is 14.0. The third-order valence-electron chi connectivity index (χ3n) is 11.3. The van der Waals surface area contributed by atoms with E-state index in [-0.39, 0.29) is 6.71 Å². The zero-order valence-corrected chi connectivity index (χ0v) is 28.5. The van der Waals surface area contributed by atoms with Crippen molar-refractivity contribution in [2.45, 2.75) is 0 Å². The lowest BCUT2D eigenvalue weighted by Gasteiger charge is -2.44. The Morgan fingerprint density at radius 2 is 0.887 bits per heavy atom. The zero-order valence-electron chi connectivity index (χ0n) is 28.5. The highest BCUT2D eigenvalue weighted by molar-refractivity contribution is 7.00. The molecule has 10 aromatic rings. The van der Waals surface area contributed by atoms with Crippen LogP contribution < -0.4 is 26.2 Å². The molecule has 0 fully saturated rings. The van der Waals surface area contributed by atoms with E-state index in [2.05, 4.69) is 168 Å². The Hall–Kier alpha value is -6.98. The first-order chi connectivity index (χ1) is 26.3. The number of anilines is 6. The summed E-state index contributed by atoms with van der Waals surface area (Å²) in [6.45, 7) is 0.0807. The van der Waals surface area contributed by atoms with Crippen molar-refractivity contribution in [2.24, 2.45) is 0 Å². The molecule has 0 atom stereocenters. The third kappa shape index (κ3) is 4.02. The third-order valence-corrected chi connectivity index (χ3v) is 11.3. The van der Waals surface area contributed by atoms with Gasteiger partial charge in [-0.3, -0.25) is 0 Å². The molecule has 4 heterocycles. The van der Waals surface area contributed by atoms with Crippen molar-refractivity contribution in [1.29, 1.82) is 0 Å². The molecule has 5 heteroatoms. The molecule has 0 unspecified atom stereocenters. The Kier molecular flexibility index (Phi) is 5.83. The summed E-state index contributed by atoms with van der Waals surface area (Å²) in [5, 5.41) is 4.52. The van der Waals surface area contributed by atoms with Crippen molar-refractivity contribution in [1.82, 2.24) is 0 Å². The minimum Gasteiger partial charge on any atom is -0.456 e. The summed E-state index contributed by atoms with van der Waals surface area (Å²) >= 11 is 0. The van der Waals surface area contributed by atoms with Gasteiger partial charge in [-0.2, -0.15) is 0 Å². The predicted molar refractivity (Wildman–Crippen MR) is 220 cm³/mol. The van der Waals surface area contributed by atoms with Crippen molar-refractivity contribution in [3.8, 4) is 11.1 Å². The van der Waals surface area contributed by atoms with E-state index in [1.54, 1.807) is 0 Å². The van der Waals surface area contributed by atoms with Crippen molar-refractivity contribution < 1.29 is 8.83 Å². The molecule has 2 aromatic heterocycles. The summed E-state index contributed by atoms with van der Waals surface area (Å²) < 4.78 is 12.5. The number of hydrogen-bond donors (Lipinski definition) is 0. The fourth-order valence-corrected chi connectivity index (χ4v) is 9.02. The highest BCUT2D eigenvalue weighted by Crippen LogP contribution is 2.47. The second kappa shape index (κ2) is 10.8. The van der Waals surface area contributed by atoms with Crippen molar-refractivity contribution in [3.05, 3.63) is 176 Å². The summed E-state index contributed by atoms with van der Waals surface area (Å²) in [6.07, 6.45) is 0. The molecule has 0 amide bonds. The number of fused-ring (bicyclic) bond motifs is 10. The van der Waals surface area contributed by atoms with Gasteiger partial charge >= 0.3 is 0 Å². The van der Waals surface area contributed by atoms with Crippen LogP contribution in [0.4, 0.5) is 34.1 Å². The van der Waals surface area contributed by atoms with Gasteiger partial charge in [0.2, 0.25) is 0 Å². The van der Waals surface area contributed by atoms with Crippen LogP contribution in [0, 0.1) is 0 Å². The molecular formula is C48H29BN2O2. The summed E-state index contributed by atoms with van der Waals surface area (Å²) in [4.78, 5) is 4.90. The molecule has 0 bridgehead atoms. The van der Waals surface area contributed by atoms with Gasteiger partial charge in [0.25, 0.3) is 6.71 Å². The van der Waals surface area contributed by atoms with Gasteiger partial charge in [0.1, 0.15) is 22.3 Å². The van der Waals surface area contributed by atoms with Gasteiger partial charge in [-0.15, -0.1) is 0 Å². The minimum absolute atomic E-state index is 0.0807. The van der Waals surface area contributed by atoms with Crippen molar-refractivity contribution in [3.63, 3.8) is 0 Å². The average Bonchev–Trinajstić information content (AvgIpc) is 3.79. The van der Waals surface area contributed by atoms with E-state index >= 15 is 0 Å². The molecule has 53 heavy (non-hydrogen) atoms. The number of furan rings is 2. The average molecular weight is 677 g/mol. The van der Waals surface area contributed by atoms with Crippen LogP contribution in [-0.2, 0) is 0 Å².